The van der Waals surface area contributed by atoms with Gasteiger partial charge in [-0.2, -0.15) is 0 Å². The zero-order chi connectivity index (χ0) is 12.3. The molecule has 1 aliphatic rings. The highest BCUT2D eigenvalue weighted by Gasteiger charge is 2.29. The quantitative estimate of drug-likeness (QED) is 0.853. The van der Waals surface area contributed by atoms with E-state index in [0.29, 0.717) is 18.4 Å². The summed E-state index contributed by atoms with van der Waals surface area (Å²) in [5, 5.41) is 0. The molecule has 0 spiro atoms. The second-order valence-electron chi connectivity index (χ2n) is 4.64. The minimum atomic E-state index is 0.397. The summed E-state index contributed by atoms with van der Waals surface area (Å²) in [5.41, 5.74) is 7.13. The van der Waals surface area contributed by atoms with Crippen LogP contribution in [0.4, 0.5) is 0 Å². The molecule has 94 valence electrons. The first kappa shape index (κ1) is 12.2. The molecule has 1 aromatic rings. The largest absolute Gasteiger partial charge is 0.497 e. The molecule has 0 aliphatic heterocycles. The summed E-state index contributed by atoms with van der Waals surface area (Å²) in [6.07, 6.45) is 3.89. The van der Waals surface area contributed by atoms with Crippen LogP contribution in [0.5, 0.6) is 11.5 Å². The van der Waals surface area contributed by atoms with Crippen molar-refractivity contribution in [3.63, 3.8) is 0 Å². The maximum atomic E-state index is 5.93. The van der Waals surface area contributed by atoms with Gasteiger partial charge in [-0.15, -0.1) is 0 Å². The molecular weight excluding hydrogens is 214 g/mol. The lowest BCUT2D eigenvalue weighted by molar-refractivity contribution is 0.258. The van der Waals surface area contributed by atoms with E-state index in [1.54, 1.807) is 14.2 Å². The Hall–Kier alpha value is -1.22. The lowest BCUT2D eigenvalue weighted by Gasteiger charge is -2.34. The highest BCUT2D eigenvalue weighted by molar-refractivity contribution is 5.43. The zero-order valence-corrected chi connectivity index (χ0v) is 10.6. The Balaban J connectivity index is 2.31. The number of methoxy groups -OCH3 is 2. The van der Waals surface area contributed by atoms with Gasteiger partial charge < -0.3 is 15.2 Å². The second kappa shape index (κ2) is 5.41. The number of nitrogens with two attached hydrogens (primary N) is 1. The summed E-state index contributed by atoms with van der Waals surface area (Å²) in [6, 6.07) is 5.96. The van der Waals surface area contributed by atoms with E-state index in [9.17, 15) is 0 Å². The average Bonchev–Trinajstić information content (AvgIpc) is 2.32. The monoisotopic (exact) mass is 235 g/mol. The van der Waals surface area contributed by atoms with E-state index in [2.05, 4.69) is 6.07 Å². The van der Waals surface area contributed by atoms with Crippen molar-refractivity contribution in [1.82, 2.24) is 0 Å². The van der Waals surface area contributed by atoms with Crippen LogP contribution in [0.25, 0.3) is 0 Å². The number of hydrogen-bond acceptors (Lipinski definition) is 3. The van der Waals surface area contributed by atoms with Gasteiger partial charge in [0.05, 0.1) is 14.2 Å². The molecule has 17 heavy (non-hydrogen) atoms. The van der Waals surface area contributed by atoms with Gasteiger partial charge in [-0.3, -0.25) is 0 Å². The van der Waals surface area contributed by atoms with E-state index in [1.165, 1.54) is 24.8 Å². The Morgan fingerprint density at radius 3 is 2.53 bits per heavy atom. The van der Waals surface area contributed by atoms with Crippen molar-refractivity contribution >= 4 is 0 Å². The molecule has 0 radical (unpaired) electrons. The average molecular weight is 235 g/mol. The maximum Gasteiger partial charge on any atom is 0.122 e. The van der Waals surface area contributed by atoms with Gasteiger partial charge in [-0.05, 0) is 43.5 Å². The first-order valence-corrected chi connectivity index (χ1v) is 6.22. The fourth-order valence-electron chi connectivity index (χ4n) is 2.54. The van der Waals surface area contributed by atoms with Crippen molar-refractivity contribution in [1.29, 1.82) is 0 Å². The van der Waals surface area contributed by atoms with Gasteiger partial charge in [0.25, 0.3) is 0 Å². The highest BCUT2D eigenvalue weighted by Crippen LogP contribution is 2.42. The molecule has 3 heteroatoms. The normalized spacial score (nSPS) is 17.4. The van der Waals surface area contributed by atoms with Gasteiger partial charge in [0.1, 0.15) is 11.5 Å². The van der Waals surface area contributed by atoms with Gasteiger partial charge in [-0.1, -0.05) is 6.42 Å². The minimum Gasteiger partial charge on any atom is -0.497 e. The molecule has 0 aromatic heterocycles. The van der Waals surface area contributed by atoms with E-state index in [0.717, 1.165) is 11.5 Å². The van der Waals surface area contributed by atoms with Crippen LogP contribution in [0, 0.1) is 5.92 Å². The van der Waals surface area contributed by atoms with Crippen molar-refractivity contribution in [2.75, 3.05) is 20.8 Å². The molecule has 0 heterocycles. The molecule has 3 nitrogen and oxygen atoms in total. The SMILES string of the molecule is COc1ccc(OC)c(C(CN)C2CCC2)c1. The fourth-order valence-corrected chi connectivity index (χ4v) is 2.54. The third-order valence-electron chi connectivity index (χ3n) is 3.81. The molecule has 1 atom stereocenters. The lowest BCUT2D eigenvalue weighted by atomic mass is 9.73. The summed E-state index contributed by atoms with van der Waals surface area (Å²) < 4.78 is 10.7. The fraction of sp³-hybridized carbons (Fsp3) is 0.571. The van der Waals surface area contributed by atoms with Crippen molar-refractivity contribution in [3.05, 3.63) is 23.8 Å². The minimum absolute atomic E-state index is 0.397. The Bertz CT molecular complexity index is 374. The molecule has 0 saturated heterocycles. The number of ether oxygens (including phenoxy) is 2. The van der Waals surface area contributed by atoms with E-state index in [4.69, 9.17) is 15.2 Å². The van der Waals surface area contributed by atoms with Gasteiger partial charge >= 0.3 is 0 Å². The van der Waals surface area contributed by atoms with E-state index in [1.807, 2.05) is 12.1 Å². The van der Waals surface area contributed by atoms with Crippen LogP contribution in [-0.2, 0) is 0 Å². The predicted molar refractivity (Wildman–Crippen MR) is 68.7 cm³/mol. The summed E-state index contributed by atoms with van der Waals surface area (Å²) in [5.74, 6) is 2.90. The molecule has 1 saturated carbocycles. The lowest BCUT2D eigenvalue weighted by Crippen LogP contribution is -2.27. The molecule has 0 bridgehead atoms. The standard InChI is InChI=1S/C14H21NO2/c1-16-11-6-7-14(17-2)12(8-11)13(9-15)10-4-3-5-10/h6-8,10,13H,3-5,9,15H2,1-2H3. The van der Waals surface area contributed by atoms with Gasteiger partial charge in [0.15, 0.2) is 0 Å². The first-order valence-electron chi connectivity index (χ1n) is 6.22. The van der Waals surface area contributed by atoms with Gasteiger partial charge in [0, 0.05) is 11.5 Å². The van der Waals surface area contributed by atoms with E-state index >= 15 is 0 Å². The second-order valence-corrected chi connectivity index (χ2v) is 4.64. The van der Waals surface area contributed by atoms with Crippen molar-refractivity contribution in [3.8, 4) is 11.5 Å². The zero-order valence-electron chi connectivity index (χ0n) is 10.6. The number of hydrogen-bond donors (Lipinski definition) is 1. The molecular formula is C14H21NO2. The van der Waals surface area contributed by atoms with Crippen LogP contribution >= 0.6 is 0 Å². The Labute approximate surface area is 103 Å². The summed E-state index contributed by atoms with van der Waals surface area (Å²) in [7, 11) is 3.39. The van der Waals surface area contributed by atoms with Crippen LogP contribution in [-0.4, -0.2) is 20.8 Å². The van der Waals surface area contributed by atoms with Crippen molar-refractivity contribution in [2.45, 2.75) is 25.2 Å². The van der Waals surface area contributed by atoms with E-state index in [-0.39, 0.29) is 0 Å². The van der Waals surface area contributed by atoms with Gasteiger partial charge in [-0.25, -0.2) is 0 Å². The summed E-state index contributed by atoms with van der Waals surface area (Å²) in [6.45, 7) is 0.675. The molecule has 1 aliphatic carbocycles. The topological polar surface area (TPSA) is 44.5 Å². The molecule has 0 amide bonds. The van der Waals surface area contributed by atoms with Crippen molar-refractivity contribution < 1.29 is 9.47 Å². The maximum absolute atomic E-state index is 5.93. The number of rotatable bonds is 5. The molecule has 1 aromatic carbocycles. The Morgan fingerprint density at radius 2 is 2.06 bits per heavy atom. The Kier molecular flexibility index (Phi) is 3.89. The van der Waals surface area contributed by atoms with Gasteiger partial charge in [0.2, 0.25) is 0 Å². The Morgan fingerprint density at radius 1 is 1.29 bits per heavy atom. The summed E-state index contributed by atoms with van der Waals surface area (Å²) >= 11 is 0. The predicted octanol–water partition coefficient (Wildman–Crippen LogP) is 2.55. The van der Waals surface area contributed by atoms with Crippen LogP contribution in [0.2, 0.25) is 0 Å². The summed E-state index contributed by atoms with van der Waals surface area (Å²) in [4.78, 5) is 0. The van der Waals surface area contributed by atoms with Crippen LogP contribution in [0.3, 0.4) is 0 Å². The third-order valence-corrected chi connectivity index (χ3v) is 3.81. The number of benzene rings is 1. The van der Waals surface area contributed by atoms with Crippen LogP contribution in [0.15, 0.2) is 18.2 Å². The third kappa shape index (κ3) is 2.39. The molecule has 2 rings (SSSR count). The molecule has 1 fully saturated rings. The van der Waals surface area contributed by atoms with Crippen LogP contribution < -0.4 is 15.2 Å². The molecule has 2 N–H and O–H groups in total. The first-order chi connectivity index (χ1) is 8.30. The van der Waals surface area contributed by atoms with E-state index < -0.39 is 0 Å². The highest BCUT2D eigenvalue weighted by atomic mass is 16.5. The van der Waals surface area contributed by atoms with Crippen molar-refractivity contribution in [2.24, 2.45) is 11.7 Å². The molecule has 1 unspecified atom stereocenters. The van der Waals surface area contributed by atoms with Crippen LogP contribution in [0.1, 0.15) is 30.7 Å². The smallest absolute Gasteiger partial charge is 0.122 e.